The van der Waals surface area contributed by atoms with Gasteiger partial charge in [0.05, 0.1) is 0 Å². The summed E-state index contributed by atoms with van der Waals surface area (Å²) in [6, 6.07) is 0. The standard InChI is InChI=1S/C6H9BN2O2/c10-7(11)5-3-8-9-6(5)4-1-2-4/h3-4,10-11H,1-2H2,(H,8,9). The highest BCUT2D eigenvalue weighted by Crippen LogP contribution is 2.37. The number of hydrogen-bond acceptors (Lipinski definition) is 3. The lowest BCUT2D eigenvalue weighted by atomic mass is 9.80. The van der Waals surface area contributed by atoms with Crippen molar-refractivity contribution in [1.29, 1.82) is 0 Å². The first-order valence-corrected chi connectivity index (χ1v) is 3.68. The van der Waals surface area contributed by atoms with Crippen molar-refractivity contribution in [2.24, 2.45) is 0 Å². The van der Waals surface area contributed by atoms with Crippen molar-refractivity contribution >= 4 is 12.6 Å². The first kappa shape index (κ1) is 6.88. The lowest BCUT2D eigenvalue weighted by molar-refractivity contribution is 0.425. The lowest BCUT2D eigenvalue weighted by Crippen LogP contribution is -2.31. The van der Waals surface area contributed by atoms with E-state index in [9.17, 15) is 0 Å². The van der Waals surface area contributed by atoms with Crippen LogP contribution in [0.5, 0.6) is 0 Å². The van der Waals surface area contributed by atoms with E-state index < -0.39 is 7.12 Å². The van der Waals surface area contributed by atoms with E-state index >= 15 is 0 Å². The van der Waals surface area contributed by atoms with Crippen molar-refractivity contribution in [3.8, 4) is 0 Å². The molecule has 1 aromatic rings. The van der Waals surface area contributed by atoms with Crippen molar-refractivity contribution in [2.75, 3.05) is 0 Å². The molecule has 1 aliphatic rings. The second-order valence-corrected chi connectivity index (χ2v) is 2.89. The van der Waals surface area contributed by atoms with Gasteiger partial charge in [-0.05, 0) is 12.8 Å². The molecule has 0 radical (unpaired) electrons. The summed E-state index contributed by atoms with van der Waals surface area (Å²) in [5, 5.41) is 24.3. The maximum atomic E-state index is 8.87. The fourth-order valence-corrected chi connectivity index (χ4v) is 1.21. The second kappa shape index (κ2) is 2.35. The highest BCUT2D eigenvalue weighted by atomic mass is 16.4. The maximum Gasteiger partial charge on any atom is 0.491 e. The summed E-state index contributed by atoms with van der Waals surface area (Å²) in [6.45, 7) is 0. The molecule has 0 spiro atoms. The van der Waals surface area contributed by atoms with E-state index in [1.54, 1.807) is 0 Å². The van der Waals surface area contributed by atoms with Crippen LogP contribution in [0.2, 0.25) is 0 Å². The number of aromatic nitrogens is 2. The van der Waals surface area contributed by atoms with Crippen LogP contribution >= 0.6 is 0 Å². The predicted octanol–water partition coefficient (Wildman–Crippen LogP) is -1.03. The Morgan fingerprint density at radius 1 is 1.55 bits per heavy atom. The zero-order valence-corrected chi connectivity index (χ0v) is 5.99. The van der Waals surface area contributed by atoms with Crippen LogP contribution in [0.4, 0.5) is 0 Å². The summed E-state index contributed by atoms with van der Waals surface area (Å²) in [6.07, 6.45) is 3.72. The molecule has 0 bridgehead atoms. The third-order valence-electron chi connectivity index (χ3n) is 1.96. The van der Waals surface area contributed by atoms with Gasteiger partial charge in [0.2, 0.25) is 0 Å². The molecule has 0 aromatic carbocycles. The fraction of sp³-hybridized carbons (Fsp3) is 0.500. The third-order valence-corrected chi connectivity index (χ3v) is 1.96. The summed E-state index contributed by atoms with van der Waals surface area (Å²) < 4.78 is 0. The molecule has 3 N–H and O–H groups in total. The minimum Gasteiger partial charge on any atom is -0.423 e. The SMILES string of the molecule is OB(O)c1cn[nH]c1C1CC1. The van der Waals surface area contributed by atoms with Crippen LogP contribution in [0.25, 0.3) is 0 Å². The van der Waals surface area contributed by atoms with Crippen molar-refractivity contribution in [3.63, 3.8) is 0 Å². The molecule has 2 rings (SSSR count). The van der Waals surface area contributed by atoms with Crippen LogP contribution in [0, 0.1) is 0 Å². The smallest absolute Gasteiger partial charge is 0.423 e. The van der Waals surface area contributed by atoms with E-state index in [0.29, 0.717) is 11.4 Å². The highest BCUT2D eigenvalue weighted by molar-refractivity contribution is 6.59. The molecule has 1 saturated carbocycles. The topological polar surface area (TPSA) is 69.1 Å². The van der Waals surface area contributed by atoms with Gasteiger partial charge in [0.15, 0.2) is 0 Å². The largest absolute Gasteiger partial charge is 0.491 e. The van der Waals surface area contributed by atoms with Crippen molar-refractivity contribution in [3.05, 3.63) is 11.9 Å². The normalized spacial score (nSPS) is 16.9. The molecule has 0 atom stereocenters. The summed E-state index contributed by atoms with van der Waals surface area (Å²) in [5.41, 5.74) is 1.41. The van der Waals surface area contributed by atoms with E-state index in [2.05, 4.69) is 10.2 Å². The van der Waals surface area contributed by atoms with Gasteiger partial charge in [-0.15, -0.1) is 0 Å². The first-order chi connectivity index (χ1) is 5.29. The Bertz CT molecular complexity index is 240. The average molecular weight is 152 g/mol. The van der Waals surface area contributed by atoms with Crippen LogP contribution in [0.1, 0.15) is 24.5 Å². The van der Waals surface area contributed by atoms with Crippen LogP contribution < -0.4 is 5.46 Å². The Morgan fingerprint density at radius 2 is 2.27 bits per heavy atom. The predicted molar refractivity (Wildman–Crippen MR) is 40.4 cm³/mol. The van der Waals surface area contributed by atoms with Gasteiger partial charge in [0, 0.05) is 23.3 Å². The molecule has 0 amide bonds. The molecule has 0 unspecified atom stereocenters. The molecule has 1 aromatic heterocycles. The second-order valence-electron chi connectivity index (χ2n) is 2.89. The van der Waals surface area contributed by atoms with Gasteiger partial charge in [-0.25, -0.2) is 0 Å². The quantitative estimate of drug-likeness (QED) is 0.474. The number of aromatic amines is 1. The van der Waals surface area contributed by atoms with Gasteiger partial charge in [-0.3, -0.25) is 5.10 Å². The first-order valence-electron chi connectivity index (χ1n) is 3.68. The minimum atomic E-state index is -1.38. The van der Waals surface area contributed by atoms with E-state index in [1.165, 1.54) is 6.20 Å². The monoisotopic (exact) mass is 152 g/mol. The Kier molecular flexibility index (Phi) is 1.47. The molecular formula is C6H9BN2O2. The van der Waals surface area contributed by atoms with E-state index in [4.69, 9.17) is 10.0 Å². The summed E-state index contributed by atoms with van der Waals surface area (Å²) >= 11 is 0. The molecule has 0 saturated heterocycles. The van der Waals surface area contributed by atoms with Crippen molar-refractivity contribution < 1.29 is 10.0 Å². The minimum absolute atomic E-state index is 0.481. The third kappa shape index (κ3) is 1.17. The van der Waals surface area contributed by atoms with Crippen molar-refractivity contribution in [1.82, 2.24) is 10.2 Å². The highest BCUT2D eigenvalue weighted by Gasteiger charge is 2.30. The van der Waals surface area contributed by atoms with Gasteiger partial charge in [0.1, 0.15) is 0 Å². The molecule has 4 nitrogen and oxygen atoms in total. The molecule has 1 heterocycles. The molecule has 58 valence electrons. The zero-order valence-electron chi connectivity index (χ0n) is 5.99. The van der Waals surface area contributed by atoms with Crippen molar-refractivity contribution in [2.45, 2.75) is 18.8 Å². The Labute approximate surface area is 64.4 Å². The summed E-state index contributed by atoms with van der Waals surface area (Å²) in [4.78, 5) is 0. The number of nitrogens with one attached hydrogen (secondary N) is 1. The Hall–Kier alpha value is -0.805. The average Bonchev–Trinajstić information content (AvgIpc) is 2.68. The van der Waals surface area contributed by atoms with Crippen LogP contribution in [-0.4, -0.2) is 27.4 Å². The lowest BCUT2D eigenvalue weighted by Gasteiger charge is -1.97. The molecule has 1 aliphatic carbocycles. The van der Waals surface area contributed by atoms with Gasteiger partial charge in [0.25, 0.3) is 0 Å². The maximum absolute atomic E-state index is 8.87. The van der Waals surface area contributed by atoms with E-state index in [1.807, 2.05) is 0 Å². The van der Waals surface area contributed by atoms with E-state index in [-0.39, 0.29) is 0 Å². The zero-order chi connectivity index (χ0) is 7.84. The van der Waals surface area contributed by atoms with Gasteiger partial charge in [-0.2, -0.15) is 5.10 Å². The molecular weight excluding hydrogens is 143 g/mol. The molecule has 5 heteroatoms. The Balaban J connectivity index is 2.30. The van der Waals surface area contributed by atoms with Crippen LogP contribution in [0.3, 0.4) is 0 Å². The van der Waals surface area contributed by atoms with Gasteiger partial charge >= 0.3 is 7.12 Å². The van der Waals surface area contributed by atoms with E-state index in [0.717, 1.165) is 18.5 Å². The fourth-order valence-electron chi connectivity index (χ4n) is 1.21. The van der Waals surface area contributed by atoms with Crippen LogP contribution in [-0.2, 0) is 0 Å². The number of rotatable bonds is 2. The Morgan fingerprint density at radius 3 is 2.82 bits per heavy atom. The molecule has 0 aliphatic heterocycles. The number of hydrogen-bond donors (Lipinski definition) is 3. The number of nitrogens with zero attached hydrogens (tertiary/aromatic N) is 1. The van der Waals surface area contributed by atoms with Crippen LogP contribution in [0.15, 0.2) is 6.20 Å². The molecule has 11 heavy (non-hydrogen) atoms. The van der Waals surface area contributed by atoms with Gasteiger partial charge in [-0.1, -0.05) is 0 Å². The summed E-state index contributed by atoms with van der Waals surface area (Å²) in [5.74, 6) is 0.481. The van der Waals surface area contributed by atoms with Gasteiger partial charge < -0.3 is 10.0 Å². The molecule has 1 fully saturated rings. The summed E-state index contributed by atoms with van der Waals surface area (Å²) in [7, 11) is -1.38. The number of H-pyrrole nitrogens is 1.